The van der Waals surface area contributed by atoms with E-state index in [2.05, 4.69) is 18.2 Å². The van der Waals surface area contributed by atoms with Gasteiger partial charge in [-0.2, -0.15) is 0 Å². The van der Waals surface area contributed by atoms with E-state index in [9.17, 15) is 14.7 Å². The molecule has 0 heterocycles. The van der Waals surface area contributed by atoms with Crippen LogP contribution in [0.25, 0.3) is 0 Å². The zero-order chi connectivity index (χ0) is 23.2. The minimum atomic E-state index is -0.346. The number of hydrogen-bond acceptors (Lipinski definition) is 5. The number of aliphatic hydroxyl groups excluding tert-OH is 3. The first kappa shape index (κ1) is 26.4. The Morgan fingerprint density at radius 1 is 0.969 bits per heavy atom. The molecule has 0 saturated carbocycles. The van der Waals surface area contributed by atoms with E-state index in [-0.39, 0.29) is 43.4 Å². The van der Waals surface area contributed by atoms with E-state index in [0.29, 0.717) is 25.0 Å². The van der Waals surface area contributed by atoms with E-state index in [0.717, 1.165) is 51.4 Å². The monoisotopic (exact) mass is 444 g/mol. The summed E-state index contributed by atoms with van der Waals surface area (Å²) >= 11 is 0. The molecule has 32 heavy (non-hydrogen) atoms. The van der Waals surface area contributed by atoms with Crippen molar-refractivity contribution in [2.45, 2.75) is 83.2 Å². The number of hydrogen-bond donors (Lipinski definition) is 3. The topological polar surface area (TPSA) is 94.8 Å². The van der Waals surface area contributed by atoms with Gasteiger partial charge >= 0.3 is 0 Å². The van der Waals surface area contributed by atoms with Gasteiger partial charge in [-0.05, 0) is 44.1 Å². The number of ketones is 2. The van der Waals surface area contributed by atoms with E-state index in [1.165, 1.54) is 11.1 Å². The molecule has 3 N–H and O–H groups in total. The summed E-state index contributed by atoms with van der Waals surface area (Å²) in [7, 11) is 0. The van der Waals surface area contributed by atoms with E-state index >= 15 is 0 Å². The van der Waals surface area contributed by atoms with Crippen molar-refractivity contribution in [3.05, 3.63) is 47.5 Å². The van der Waals surface area contributed by atoms with Crippen LogP contribution >= 0.6 is 0 Å². The standard InChI is InChI=1S/C27H40O5/c28-19-22(20-29)18-25(31)10-6-1-2-7-11-26-23(14-17-27(26)32)13-16-24(30)15-12-21-8-4-3-5-9-21/h3-5,8-9,14,22,24,26,28-30H,1-2,6-7,10-13,15-20H2/t24-,26?/m0/s1. The van der Waals surface area contributed by atoms with Crippen molar-refractivity contribution >= 4 is 11.6 Å². The van der Waals surface area contributed by atoms with Gasteiger partial charge in [-0.25, -0.2) is 0 Å². The van der Waals surface area contributed by atoms with E-state index in [1.54, 1.807) is 0 Å². The largest absolute Gasteiger partial charge is 0.396 e. The fraction of sp³-hybridized carbons (Fsp3) is 0.630. The number of carbonyl (C=O) groups excluding carboxylic acids is 2. The van der Waals surface area contributed by atoms with E-state index in [4.69, 9.17) is 10.2 Å². The first-order chi connectivity index (χ1) is 15.5. The van der Waals surface area contributed by atoms with Crippen LogP contribution in [0.15, 0.2) is 42.0 Å². The summed E-state index contributed by atoms with van der Waals surface area (Å²) in [5, 5.41) is 28.5. The summed E-state index contributed by atoms with van der Waals surface area (Å²) < 4.78 is 0. The van der Waals surface area contributed by atoms with Crippen LogP contribution < -0.4 is 0 Å². The smallest absolute Gasteiger partial charge is 0.143 e. The fourth-order valence-corrected chi connectivity index (χ4v) is 4.44. The molecule has 1 unspecified atom stereocenters. The Kier molecular flexibility index (Phi) is 12.5. The maximum Gasteiger partial charge on any atom is 0.143 e. The second-order valence-corrected chi connectivity index (χ2v) is 9.15. The van der Waals surface area contributed by atoms with Gasteiger partial charge in [0.1, 0.15) is 11.6 Å². The molecule has 1 aromatic carbocycles. The number of allylic oxidation sites excluding steroid dienone is 2. The minimum absolute atomic E-state index is 0.00724. The molecule has 0 aromatic heterocycles. The highest BCUT2D eigenvalue weighted by molar-refractivity contribution is 5.88. The fourth-order valence-electron chi connectivity index (χ4n) is 4.44. The maximum absolute atomic E-state index is 12.3. The van der Waals surface area contributed by atoms with Crippen molar-refractivity contribution in [2.75, 3.05) is 13.2 Å². The SMILES string of the molecule is O=C(CCCCCCC1C(=O)CC=C1CC[C@@H](O)CCc1ccccc1)CC(CO)CO. The second kappa shape index (κ2) is 15.1. The first-order valence-corrected chi connectivity index (χ1v) is 12.2. The quantitative estimate of drug-likeness (QED) is 0.248. The zero-order valence-electron chi connectivity index (χ0n) is 19.3. The molecule has 0 aliphatic heterocycles. The molecule has 0 bridgehead atoms. The predicted molar refractivity (Wildman–Crippen MR) is 126 cm³/mol. The average Bonchev–Trinajstić information content (AvgIpc) is 3.16. The maximum atomic E-state index is 12.3. The lowest BCUT2D eigenvalue weighted by Gasteiger charge is -2.16. The zero-order valence-corrected chi connectivity index (χ0v) is 19.3. The van der Waals surface area contributed by atoms with E-state index < -0.39 is 0 Å². The predicted octanol–water partition coefficient (Wildman–Crippen LogP) is 4.18. The molecule has 5 nitrogen and oxygen atoms in total. The minimum Gasteiger partial charge on any atom is -0.396 e. The Morgan fingerprint density at radius 2 is 1.66 bits per heavy atom. The van der Waals surface area contributed by atoms with Crippen molar-refractivity contribution in [1.29, 1.82) is 0 Å². The number of aryl methyl sites for hydroxylation is 1. The molecule has 0 fully saturated rings. The number of Topliss-reactive ketones (excluding diaryl/α,β-unsaturated/α-hetero) is 2. The highest BCUT2D eigenvalue weighted by Gasteiger charge is 2.27. The highest BCUT2D eigenvalue weighted by atomic mass is 16.3. The van der Waals surface area contributed by atoms with Crippen molar-refractivity contribution in [3.63, 3.8) is 0 Å². The van der Waals surface area contributed by atoms with Gasteiger partial charge in [0, 0.05) is 44.3 Å². The molecule has 1 aliphatic rings. The van der Waals surface area contributed by atoms with Crippen LogP contribution in [0.2, 0.25) is 0 Å². The molecule has 2 atom stereocenters. The molecule has 1 aliphatic carbocycles. The number of rotatable bonds is 17. The van der Waals surface area contributed by atoms with Gasteiger partial charge in [0.25, 0.3) is 0 Å². The number of carbonyl (C=O) groups is 2. The summed E-state index contributed by atoms with van der Waals surface area (Å²) in [4.78, 5) is 24.2. The summed E-state index contributed by atoms with van der Waals surface area (Å²) in [6.07, 6.45) is 10.7. The van der Waals surface area contributed by atoms with Gasteiger partial charge in [0.05, 0.1) is 6.10 Å². The van der Waals surface area contributed by atoms with Crippen LogP contribution in [-0.4, -0.2) is 46.2 Å². The Morgan fingerprint density at radius 3 is 2.38 bits per heavy atom. The third-order valence-corrected chi connectivity index (χ3v) is 6.51. The first-order valence-electron chi connectivity index (χ1n) is 12.2. The average molecular weight is 445 g/mol. The molecule has 1 aromatic rings. The molecular weight excluding hydrogens is 404 g/mol. The van der Waals surface area contributed by atoms with Gasteiger partial charge in [-0.1, -0.05) is 61.2 Å². The molecular formula is C27H40O5. The number of unbranched alkanes of at least 4 members (excludes halogenated alkanes) is 3. The van der Waals surface area contributed by atoms with Crippen molar-refractivity contribution < 1.29 is 24.9 Å². The summed E-state index contributed by atoms with van der Waals surface area (Å²) in [5.41, 5.74) is 2.44. The van der Waals surface area contributed by atoms with Crippen molar-refractivity contribution in [2.24, 2.45) is 11.8 Å². The molecule has 5 heteroatoms. The van der Waals surface area contributed by atoms with Gasteiger partial charge < -0.3 is 15.3 Å². The summed E-state index contributed by atoms with van der Waals surface area (Å²) in [6, 6.07) is 10.2. The third kappa shape index (κ3) is 9.76. The van der Waals surface area contributed by atoms with Crippen LogP contribution in [0.3, 0.4) is 0 Å². The van der Waals surface area contributed by atoms with E-state index in [1.807, 2.05) is 18.2 Å². The van der Waals surface area contributed by atoms with Crippen LogP contribution in [-0.2, 0) is 16.0 Å². The van der Waals surface area contributed by atoms with Crippen LogP contribution in [0.5, 0.6) is 0 Å². The third-order valence-electron chi connectivity index (χ3n) is 6.51. The molecule has 0 spiro atoms. The molecule has 178 valence electrons. The lowest BCUT2D eigenvalue weighted by Crippen LogP contribution is -2.16. The lowest BCUT2D eigenvalue weighted by atomic mass is 9.89. The van der Waals surface area contributed by atoms with Crippen LogP contribution in [0.1, 0.15) is 76.2 Å². The van der Waals surface area contributed by atoms with Crippen molar-refractivity contribution in [1.82, 2.24) is 0 Å². The van der Waals surface area contributed by atoms with Gasteiger partial charge in [-0.3, -0.25) is 9.59 Å². The summed E-state index contributed by atoms with van der Waals surface area (Å²) in [5.74, 6) is 0.0684. The molecule has 2 rings (SSSR count). The Bertz CT molecular complexity index is 708. The number of aliphatic hydroxyl groups is 3. The molecule has 0 radical (unpaired) electrons. The van der Waals surface area contributed by atoms with Crippen molar-refractivity contribution in [3.8, 4) is 0 Å². The summed E-state index contributed by atoms with van der Waals surface area (Å²) in [6.45, 7) is -0.310. The van der Waals surface area contributed by atoms with Crippen LogP contribution in [0, 0.1) is 11.8 Å². The van der Waals surface area contributed by atoms with Crippen LogP contribution in [0.4, 0.5) is 0 Å². The molecule has 0 saturated heterocycles. The van der Waals surface area contributed by atoms with Gasteiger partial charge in [0.15, 0.2) is 0 Å². The lowest BCUT2D eigenvalue weighted by molar-refractivity contribution is -0.121. The Balaban J connectivity index is 1.59. The Hall–Kier alpha value is -1.82. The van der Waals surface area contributed by atoms with Gasteiger partial charge in [-0.15, -0.1) is 0 Å². The second-order valence-electron chi connectivity index (χ2n) is 9.15. The van der Waals surface area contributed by atoms with Gasteiger partial charge in [0.2, 0.25) is 0 Å². The number of benzene rings is 1. The normalized spacial score (nSPS) is 17.1. The molecule has 0 amide bonds. The Labute approximate surface area is 192 Å². The highest BCUT2D eigenvalue weighted by Crippen LogP contribution is 2.31.